The molecule has 0 saturated heterocycles. The minimum atomic E-state index is -9.19. The number of hydrogen-bond donors (Lipinski definition) is 0. The average Bonchev–Trinajstić information content (AvgIpc) is 0.704. The van der Waals surface area contributed by atoms with Gasteiger partial charge in [-0.1, -0.05) is 15.9 Å². The number of ether oxygens (including phenoxy) is 7. The zero-order valence-corrected chi connectivity index (χ0v) is 70.2. The number of halogens is 69. The molecule has 0 aliphatic carbocycles. The van der Waals surface area contributed by atoms with Gasteiger partial charge in [0.2, 0.25) is 0 Å². The van der Waals surface area contributed by atoms with Crippen molar-refractivity contribution in [2.45, 2.75) is 280 Å². The molecule has 0 atom stereocenters. The number of esters is 1. The van der Waals surface area contributed by atoms with Gasteiger partial charge in [-0.2, -0.15) is 299 Å². The lowest BCUT2D eigenvalue weighted by Gasteiger charge is -2.42. The largest absolute Gasteiger partial charge is 0.493 e. The Hall–Kier alpha value is -8.35. The molecule has 3 rings (SSSR count). The molecule has 77 heteroatoms. The Morgan fingerprint density at radius 2 is 0.322 bits per heavy atom. The first kappa shape index (κ1) is 132. The van der Waals surface area contributed by atoms with Gasteiger partial charge < -0.3 is 33.2 Å². The summed E-state index contributed by atoms with van der Waals surface area (Å²) < 4.78 is 983. The molecule has 0 spiro atoms. The monoisotopic (exact) mass is 2370 g/mol. The molecule has 0 heterocycles. The van der Waals surface area contributed by atoms with E-state index in [9.17, 15) is 303 Å². The lowest BCUT2D eigenvalue weighted by Crippen LogP contribution is -2.74. The molecule has 0 fully saturated rings. The Morgan fingerprint density at radius 1 is 0.192 bits per heavy atom. The van der Waals surface area contributed by atoms with E-state index in [2.05, 4.69) is 15.9 Å². The van der Waals surface area contributed by atoms with Crippen LogP contribution in [0.25, 0.3) is 0 Å². The zero-order valence-electron chi connectivity index (χ0n) is 68.6. The van der Waals surface area contributed by atoms with Crippen LogP contribution in [0.1, 0.15) is 81.9 Å². The van der Waals surface area contributed by atoms with Crippen LogP contribution in [0.5, 0.6) is 34.5 Å². The lowest BCUT2D eigenvalue weighted by atomic mass is 9.88. The molecular weight excluding hydrogens is 2330 g/mol. The third kappa shape index (κ3) is 22.2. The van der Waals surface area contributed by atoms with Crippen molar-refractivity contribution in [2.24, 2.45) is 0 Å². The first-order chi connectivity index (χ1) is 63.7. The van der Waals surface area contributed by atoms with Gasteiger partial charge in [0, 0.05) is 43.9 Å². The van der Waals surface area contributed by atoms with Crippen LogP contribution in [0, 0.1) is 0 Å². The van der Waals surface area contributed by atoms with E-state index in [-0.39, 0.29) is 36.4 Å². The van der Waals surface area contributed by atoms with E-state index in [0.717, 1.165) is 13.8 Å². The van der Waals surface area contributed by atoms with Crippen molar-refractivity contribution < 1.29 is 337 Å². The normalized spacial score (nSPS) is 15.7. The van der Waals surface area contributed by atoms with Crippen LogP contribution in [0.4, 0.5) is 299 Å². The molecule has 0 bridgehead atoms. The van der Waals surface area contributed by atoms with Crippen LogP contribution >= 0.6 is 15.9 Å². The summed E-state index contributed by atoms with van der Waals surface area (Å²) in [6.07, 6.45) is -55.6. The van der Waals surface area contributed by atoms with Gasteiger partial charge in [0.15, 0.2) is 0 Å². The van der Waals surface area contributed by atoms with E-state index in [4.69, 9.17) is 33.2 Å². The van der Waals surface area contributed by atoms with E-state index in [1.807, 2.05) is 0 Å². The molecule has 0 radical (unpaired) electrons. The maximum absolute atomic E-state index is 14.9. The second-order valence-electron chi connectivity index (χ2n) is 30.5. The fourth-order valence-corrected chi connectivity index (χ4v) is 10.8. The van der Waals surface area contributed by atoms with E-state index < -0.39 is 350 Å². The number of carbonyl (C=O) groups is 1. The maximum Gasteiger partial charge on any atom is 0.460 e. The standard InChI is InChI=1S/C69H45BrF68O8/c1-37(2,70)36(139)146-26-29-19-34(144-24-27-15-30(140-11-3-7-38(71,72)42(79,80)46(87,88)50(95,96)54(103,104)58(111,112)62(119,120)66(127,128)129)21-31(16-27)141-12-4-8-39(73,74)43(81,82)47(89,90)51(97,98)55(105,106)59(113,114)63(121,122)67(130,131)132)23-35(20-29)145-25-28-17-32(142-13-5-9-40(75,76)44(83,84)48(91,92)52(99,100)56(107,108)60(115,116)64(123,124)68(133,134)135)22-33(18-28)143-14-6-10-41(77,78)45(85,86)49(93,94)53(101,102)57(109,110)61(117,118)65(125,126)69(136,137)138/h15-23H,3-14,24-26H2,1-2H3. The van der Waals surface area contributed by atoms with Crippen LogP contribution in [0.3, 0.4) is 0 Å². The van der Waals surface area contributed by atoms with Crippen molar-refractivity contribution in [3.05, 3.63) is 71.3 Å². The summed E-state index contributed by atoms with van der Waals surface area (Å²) in [6, 6.07) is 2.45. The van der Waals surface area contributed by atoms with Gasteiger partial charge in [-0.25, -0.2) is 0 Å². The average molecular weight is 2370 g/mol. The highest BCUT2D eigenvalue weighted by molar-refractivity contribution is 9.10. The molecule has 3 aromatic carbocycles. The van der Waals surface area contributed by atoms with Gasteiger partial charge in [-0.15, -0.1) is 0 Å². The van der Waals surface area contributed by atoms with Crippen LogP contribution in [-0.4, -0.2) is 227 Å². The Labute approximate surface area is 769 Å². The van der Waals surface area contributed by atoms with Crippen molar-refractivity contribution >= 4 is 21.9 Å². The van der Waals surface area contributed by atoms with Crippen molar-refractivity contribution in [3.63, 3.8) is 0 Å². The van der Waals surface area contributed by atoms with Gasteiger partial charge >= 0.3 is 197 Å². The van der Waals surface area contributed by atoms with E-state index in [1.165, 1.54) is 0 Å². The van der Waals surface area contributed by atoms with Crippen LogP contribution in [0.15, 0.2) is 54.6 Å². The number of rotatable bonds is 53. The fraction of sp³-hybridized carbons (Fsp3) is 0.725. The second-order valence-corrected chi connectivity index (χ2v) is 32.4. The molecular formula is C69H45BrF68O8. The van der Waals surface area contributed by atoms with Crippen LogP contribution in [-0.2, 0) is 29.4 Å². The second kappa shape index (κ2) is 40.0. The van der Waals surface area contributed by atoms with Crippen molar-refractivity contribution in [1.29, 1.82) is 0 Å². The first-order valence-corrected chi connectivity index (χ1v) is 37.4. The smallest absolute Gasteiger partial charge is 0.460 e. The zero-order chi connectivity index (χ0) is 116. The van der Waals surface area contributed by atoms with Gasteiger partial charge in [-0.05, 0) is 92.6 Å². The third-order valence-electron chi connectivity index (χ3n) is 19.2. The van der Waals surface area contributed by atoms with Crippen molar-refractivity contribution in [1.82, 2.24) is 0 Å². The Morgan fingerprint density at radius 3 is 0.466 bits per heavy atom. The molecule has 8 nitrogen and oxygen atoms in total. The number of carbonyl (C=O) groups excluding carboxylic acids is 1. The Balaban J connectivity index is 2.35. The van der Waals surface area contributed by atoms with Gasteiger partial charge in [0.1, 0.15) is 58.6 Å². The van der Waals surface area contributed by atoms with E-state index in [1.54, 1.807) is 0 Å². The maximum atomic E-state index is 14.9. The number of benzene rings is 3. The third-order valence-corrected chi connectivity index (χ3v) is 19.6. The van der Waals surface area contributed by atoms with Crippen LogP contribution < -0.4 is 28.4 Å². The first-order valence-electron chi connectivity index (χ1n) is 36.6. The van der Waals surface area contributed by atoms with Gasteiger partial charge in [-0.3, -0.25) is 4.79 Å². The molecule has 0 unspecified atom stereocenters. The summed E-state index contributed by atoms with van der Waals surface area (Å²) in [5, 5.41) is 0. The van der Waals surface area contributed by atoms with Crippen molar-refractivity contribution in [2.75, 3.05) is 26.4 Å². The Bertz CT molecular complexity index is 4380. The number of hydrogen-bond acceptors (Lipinski definition) is 8. The molecule has 0 amide bonds. The molecule has 852 valence electrons. The summed E-state index contributed by atoms with van der Waals surface area (Å²) in [5.41, 5.74) is -2.67. The van der Waals surface area contributed by atoms with Crippen molar-refractivity contribution in [3.8, 4) is 34.5 Å². The fourth-order valence-electron chi connectivity index (χ4n) is 10.6. The highest BCUT2D eigenvalue weighted by Crippen LogP contribution is 2.71. The Kier molecular flexibility index (Phi) is 36.1. The molecule has 0 aromatic heterocycles. The summed E-state index contributed by atoms with van der Waals surface area (Å²) in [6.45, 7) is -10.6. The molecule has 0 saturated carbocycles. The topological polar surface area (TPSA) is 81.7 Å². The highest BCUT2D eigenvalue weighted by atomic mass is 79.9. The van der Waals surface area contributed by atoms with E-state index >= 15 is 0 Å². The molecule has 146 heavy (non-hydrogen) atoms. The minimum Gasteiger partial charge on any atom is -0.493 e. The van der Waals surface area contributed by atoms with Crippen LogP contribution in [0.2, 0.25) is 0 Å². The van der Waals surface area contributed by atoms with E-state index in [0.29, 0.717) is 18.2 Å². The number of alkyl halides is 69. The summed E-state index contributed by atoms with van der Waals surface area (Å²) in [5.74, 6) is -252. The highest BCUT2D eigenvalue weighted by Gasteiger charge is 3.00. The molecule has 0 aliphatic heterocycles. The minimum absolute atomic E-state index is 0.0120. The SMILES string of the molecule is CC(C)(Br)C(=O)OCc1cc(OCc2cc(OCCCC(F)(F)C(F)(F)C(F)(F)C(F)(F)C(F)(F)C(F)(F)C(F)(F)C(F)(F)F)cc(OCCCC(F)(F)C(F)(F)C(F)(F)C(F)(F)C(F)(F)C(F)(F)C(F)(F)C(F)(F)F)c2)cc(OCc2cc(OCCCC(F)(F)C(F)(F)C(F)(F)C(F)(F)C(F)(F)C(F)(F)C(F)(F)C(F)(F)F)cc(OCCCC(F)(F)C(F)(F)C(F)(F)C(F)(F)C(F)(F)C(F)(F)C(F)(F)C(F)(F)F)c2)c1. The van der Waals surface area contributed by atoms with Gasteiger partial charge in [0.25, 0.3) is 0 Å². The predicted octanol–water partition coefficient (Wildman–Crippen LogP) is 30.7. The molecule has 3 aromatic rings. The predicted molar refractivity (Wildman–Crippen MR) is 342 cm³/mol. The quantitative estimate of drug-likeness (QED) is 0.0239. The summed E-state index contributed by atoms with van der Waals surface area (Å²) >= 11 is 2.77. The molecule has 0 N–H and O–H groups in total. The van der Waals surface area contributed by atoms with Gasteiger partial charge in [0.05, 0.1) is 26.4 Å². The molecule has 0 aliphatic rings. The summed E-state index contributed by atoms with van der Waals surface area (Å²) in [7, 11) is 0. The lowest BCUT2D eigenvalue weighted by molar-refractivity contribution is -0.461. The summed E-state index contributed by atoms with van der Waals surface area (Å²) in [4.78, 5) is 12.8.